The van der Waals surface area contributed by atoms with Crippen molar-refractivity contribution in [1.29, 1.82) is 0 Å². The molecule has 0 bridgehead atoms. The highest BCUT2D eigenvalue weighted by Gasteiger charge is 2.12. The van der Waals surface area contributed by atoms with Gasteiger partial charge in [-0.3, -0.25) is 4.79 Å². The Morgan fingerprint density at radius 2 is 2.00 bits per heavy atom. The number of amides is 1. The van der Waals surface area contributed by atoms with Crippen molar-refractivity contribution in [2.75, 3.05) is 13.7 Å². The molecule has 4 N–H and O–H groups in total. The summed E-state index contributed by atoms with van der Waals surface area (Å²) < 4.78 is 4.81. The first-order valence-corrected chi connectivity index (χ1v) is 5.83. The normalized spacial score (nSPS) is 13.3. The third-order valence-corrected chi connectivity index (χ3v) is 2.61. The van der Waals surface area contributed by atoms with Gasteiger partial charge >= 0.3 is 0 Å². The highest BCUT2D eigenvalue weighted by Crippen LogP contribution is 2.12. The fourth-order valence-electron chi connectivity index (χ4n) is 1.49. The van der Waals surface area contributed by atoms with Crippen LogP contribution in [0.25, 0.3) is 0 Å². The molecule has 1 aromatic carbocycles. The maximum Gasteiger partial charge on any atom is 0.239 e. The van der Waals surface area contributed by atoms with Crippen molar-refractivity contribution < 1.29 is 14.6 Å². The van der Waals surface area contributed by atoms with E-state index in [1.54, 1.807) is 6.92 Å². The van der Waals surface area contributed by atoms with Gasteiger partial charge in [-0.1, -0.05) is 24.3 Å². The predicted octanol–water partition coefficient (Wildman–Crippen LogP) is 0.752. The summed E-state index contributed by atoms with van der Waals surface area (Å²) in [7, 11) is 1.50. The van der Waals surface area contributed by atoms with E-state index < -0.39 is 12.1 Å². The molecular formula is C13H21ClN2O3. The number of nitrogens with two attached hydrogens (primary N) is 1. The molecule has 0 aromatic heterocycles. The van der Waals surface area contributed by atoms with E-state index in [9.17, 15) is 9.90 Å². The van der Waals surface area contributed by atoms with E-state index >= 15 is 0 Å². The third kappa shape index (κ3) is 6.02. The van der Waals surface area contributed by atoms with Gasteiger partial charge in [-0.15, -0.1) is 12.4 Å². The number of ether oxygens (including phenoxy) is 1. The Morgan fingerprint density at radius 1 is 1.42 bits per heavy atom. The number of hydrogen-bond acceptors (Lipinski definition) is 4. The van der Waals surface area contributed by atoms with Crippen molar-refractivity contribution >= 4 is 18.3 Å². The molecule has 1 aromatic rings. The van der Waals surface area contributed by atoms with Gasteiger partial charge in [0, 0.05) is 13.7 Å². The van der Waals surface area contributed by atoms with Crippen LogP contribution in [-0.2, 0) is 16.1 Å². The number of aliphatic hydroxyl groups is 1. The van der Waals surface area contributed by atoms with Crippen LogP contribution >= 0.6 is 12.4 Å². The van der Waals surface area contributed by atoms with Crippen LogP contribution in [0, 0.1) is 0 Å². The van der Waals surface area contributed by atoms with E-state index in [0.29, 0.717) is 6.54 Å². The maximum atomic E-state index is 11.5. The van der Waals surface area contributed by atoms with Gasteiger partial charge < -0.3 is 20.9 Å². The van der Waals surface area contributed by atoms with Crippen LogP contribution < -0.4 is 11.1 Å². The molecule has 0 fully saturated rings. The number of methoxy groups -OCH3 is 1. The van der Waals surface area contributed by atoms with Crippen molar-refractivity contribution in [3.8, 4) is 0 Å². The van der Waals surface area contributed by atoms with E-state index in [0.717, 1.165) is 11.1 Å². The van der Waals surface area contributed by atoms with Crippen LogP contribution in [0.1, 0.15) is 24.2 Å². The SMILES string of the molecule is COCC(N)C(=O)NCc1ccc(C(C)O)cc1.Cl. The second-order valence-electron chi connectivity index (χ2n) is 4.20. The van der Waals surface area contributed by atoms with Crippen molar-refractivity contribution in [3.05, 3.63) is 35.4 Å². The average Bonchev–Trinajstić information content (AvgIpc) is 2.36. The molecule has 0 radical (unpaired) electrons. The highest BCUT2D eigenvalue weighted by molar-refractivity contribution is 5.85. The second kappa shape index (κ2) is 8.87. The molecule has 1 rings (SSSR count). The number of rotatable bonds is 6. The van der Waals surface area contributed by atoms with Crippen LogP contribution in [0.15, 0.2) is 24.3 Å². The van der Waals surface area contributed by atoms with Crippen molar-refractivity contribution in [2.45, 2.75) is 25.6 Å². The number of carbonyl (C=O) groups is 1. The first kappa shape index (κ1) is 17.9. The summed E-state index contributed by atoms with van der Waals surface area (Å²) in [5.41, 5.74) is 7.39. The Morgan fingerprint density at radius 3 is 2.47 bits per heavy atom. The van der Waals surface area contributed by atoms with Crippen LogP contribution in [0.2, 0.25) is 0 Å². The van der Waals surface area contributed by atoms with Crippen molar-refractivity contribution in [1.82, 2.24) is 5.32 Å². The molecule has 6 heteroatoms. The van der Waals surface area contributed by atoms with E-state index in [1.165, 1.54) is 7.11 Å². The van der Waals surface area contributed by atoms with Crippen LogP contribution in [0.5, 0.6) is 0 Å². The summed E-state index contributed by atoms with van der Waals surface area (Å²) in [6.07, 6.45) is -0.483. The van der Waals surface area contributed by atoms with Crippen molar-refractivity contribution in [3.63, 3.8) is 0 Å². The molecule has 108 valence electrons. The van der Waals surface area contributed by atoms with Crippen LogP contribution in [-0.4, -0.2) is 30.8 Å². The van der Waals surface area contributed by atoms with Gasteiger partial charge in [-0.05, 0) is 18.1 Å². The van der Waals surface area contributed by atoms with E-state index in [-0.39, 0.29) is 24.9 Å². The number of benzene rings is 1. The lowest BCUT2D eigenvalue weighted by Gasteiger charge is -2.11. The van der Waals surface area contributed by atoms with Gasteiger partial charge in [0.25, 0.3) is 0 Å². The van der Waals surface area contributed by atoms with Crippen LogP contribution in [0.3, 0.4) is 0 Å². The fourth-order valence-corrected chi connectivity index (χ4v) is 1.49. The summed E-state index contributed by atoms with van der Waals surface area (Å²) in [5.74, 6) is -0.239. The molecule has 0 saturated carbocycles. The third-order valence-electron chi connectivity index (χ3n) is 2.61. The number of aliphatic hydroxyl groups excluding tert-OH is 1. The summed E-state index contributed by atoms with van der Waals surface area (Å²) in [4.78, 5) is 11.5. The largest absolute Gasteiger partial charge is 0.389 e. The van der Waals surface area contributed by atoms with Gasteiger partial charge in [0.15, 0.2) is 0 Å². The minimum Gasteiger partial charge on any atom is -0.389 e. The monoisotopic (exact) mass is 288 g/mol. The quantitative estimate of drug-likeness (QED) is 0.721. The molecule has 0 aliphatic carbocycles. The molecule has 2 atom stereocenters. The summed E-state index contributed by atoms with van der Waals surface area (Å²) in [6.45, 7) is 2.32. The Bertz CT molecular complexity index is 382. The summed E-state index contributed by atoms with van der Waals surface area (Å²) in [5, 5.41) is 12.1. The molecule has 19 heavy (non-hydrogen) atoms. The van der Waals surface area contributed by atoms with E-state index in [1.807, 2.05) is 24.3 Å². The molecule has 0 aliphatic rings. The number of halogens is 1. The minimum atomic E-state index is -0.647. The predicted molar refractivity (Wildman–Crippen MR) is 76.0 cm³/mol. The zero-order chi connectivity index (χ0) is 13.5. The molecule has 0 aliphatic heterocycles. The molecule has 0 saturated heterocycles. The summed E-state index contributed by atoms with van der Waals surface area (Å²) in [6, 6.07) is 6.75. The fraction of sp³-hybridized carbons (Fsp3) is 0.462. The zero-order valence-electron chi connectivity index (χ0n) is 11.1. The first-order valence-electron chi connectivity index (χ1n) is 5.83. The molecule has 5 nitrogen and oxygen atoms in total. The second-order valence-corrected chi connectivity index (χ2v) is 4.20. The minimum absolute atomic E-state index is 0. The zero-order valence-corrected chi connectivity index (χ0v) is 11.9. The van der Waals surface area contributed by atoms with Gasteiger partial charge in [0.05, 0.1) is 12.7 Å². The Kier molecular flexibility index (Phi) is 8.34. The number of hydrogen-bond donors (Lipinski definition) is 3. The molecule has 1 amide bonds. The Balaban J connectivity index is 0.00000324. The molecular weight excluding hydrogens is 268 g/mol. The molecule has 2 unspecified atom stereocenters. The molecule has 0 spiro atoms. The molecule has 0 heterocycles. The van der Waals surface area contributed by atoms with Gasteiger partial charge in [-0.25, -0.2) is 0 Å². The standard InChI is InChI=1S/C13H20N2O3.ClH/c1-9(16)11-5-3-10(4-6-11)7-15-13(17)12(14)8-18-2;/h3-6,9,12,16H,7-8,14H2,1-2H3,(H,15,17);1H. The number of nitrogens with one attached hydrogen (secondary N) is 1. The van der Waals surface area contributed by atoms with Gasteiger partial charge in [0.1, 0.15) is 6.04 Å². The van der Waals surface area contributed by atoms with E-state index in [4.69, 9.17) is 10.5 Å². The smallest absolute Gasteiger partial charge is 0.239 e. The first-order chi connectivity index (χ1) is 8.54. The topological polar surface area (TPSA) is 84.6 Å². The Hall–Kier alpha value is -1.14. The number of carbonyl (C=O) groups excluding carboxylic acids is 1. The Labute approximate surface area is 119 Å². The van der Waals surface area contributed by atoms with E-state index in [2.05, 4.69) is 5.32 Å². The van der Waals surface area contributed by atoms with Gasteiger partial charge in [0.2, 0.25) is 5.91 Å². The van der Waals surface area contributed by atoms with Gasteiger partial charge in [-0.2, -0.15) is 0 Å². The lowest BCUT2D eigenvalue weighted by molar-refractivity contribution is -0.123. The average molecular weight is 289 g/mol. The lowest BCUT2D eigenvalue weighted by atomic mass is 10.1. The lowest BCUT2D eigenvalue weighted by Crippen LogP contribution is -2.43. The highest BCUT2D eigenvalue weighted by atomic mass is 35.5. The summed E-state index contributed by atoms with van der Waals surface area (Å²) >= 11 is 0. The maximum absolute atomic E-state index is 11.5. The van der Waals surface area contributed by atoms with Crippen LogP contribution in [0.4, 0.5) is 0 Å². The van der Waals surface area contributed by atoms with Crippen molar-refractivity contribution in [2.24, 2.45) is 5.73 Å².